The summed E-state index contributed by atoms with van der Waals surface area (Å²) in [6.07, 6.45) is 1.44. The molecular weight excluding hydrogens is 316 g/mol. The van der Waals surface area contributed by atoms with Gasteiger partial charge in [0.2, 0.25) is 11.8 Å². The Morgan fingerprint density at radius 1 is 1.17 bits per heavy atom. The predicted molar refractivity (Wildman–Crippen MR) is 81.8 cm³/mol. The maximum absolute atomic E-state index is 12.5. The van der Waals surface area contributed by atoms with Crippen LogP contribution in [0.3, 0.4) is 0 Å². The fourth-order valence-electron chi connectivity index (χ4n) is 2.32. The third-order valence-electron chi connectivity index (χ3n) is 3.36. The molecule has 1 fully saturated rings. The van der Waals surface area contributed by atoms with E-state index in [2.05, 4.69) is 4.98 Å². The fraction of sp³-hybridized carbons (Fsp3) is 0.125. The highest BCUT2D eigenvalue weighted by atomic mass is 32.2. The number of amides is 2. The lowest BCUT2D eigenvalue weighted by atomic mass is 10.3. The summed E-state index contributed by atoms with van der Waals surface area (Å²) in [5, 5.41) is 10.6. The number of carbonyl (C=O) groups excluding carboxylic acids is 3. The van der Waals surface area contributed by atoms with Gasteiger partial charge in [-0.15, -0.1) is 0 Å². The average molecular weight is 327 g/mol. The highest BCUT2D eigenvalue weighted by molar-refractivity contribution is 8.00. The van der Waals surface area contributed by atoms with Crippen LogP contribution in [0.25, 0.3) is 0 Å². The maximum atomic E-state index is 12.5. The topological polar surface area (TPSA) is 90.4 Å². The molecule has 7 heteroatoms. The minimum Gasteiger partial charge on any atom is -0.545 e. The van der Waals surface area contributed by atoms with Crippen LogP contribution in [0, 0.1) is 0 Å². The van der Waals surface area contributed by atoms with Crippen LogP contribution in [-0.4, -0.2) is 28.0 Å². The Kier molecular flexibility index (Phi) is 4.12. The second-order valence-corrected chi connectivity index (χ2v) is 6.05. The number of imide groups is 1. The van der Waals surface area contributed by atoms with Crippen LogP contribution >= 0.6 is 11.8 Å². The molecular formula is C16H11N2O4S-. The number of nitrogens with zero attached hydrogens (tertiary/aromatic N) is 2. The molecule has 1 saturated heterocycles. The third kappa shape index (κ3) is 2.95. The van der Waals surface area contributed by atoms with E-state index >= 15 is 0 Å². The maximum Gasteiger partial charge on any atom is 0.247 e. The molecule has 1 aliphatic rings. The summed E-state index contributed by atoms with van der Waals surface area (Å²) in [5.74, 6) is -2.05. The summed E-state index contributed by atoms with van der Waals surface area (Å²) in [4.78, 5) is 40.8. The normalized spacial score (nSPS) is 17.6. The summed E-state index contributed by atoms with van der Waals surface area (Å²) >= 11 is 0.972. The molecule has 0 radical (unpaired) electrons. The van der Waals surface area contributed by atoms with E-state index in [1.54, 1.807) is 30.3 Å². The predicted octanol–water partition coefficient (Wildman–Crippen LogP) is 0.869. The van der Waals surface area contributed by atoms with Crippen molar-refractivity contribution in [3.8, 4) is 0 Å². The Morgan fingerprint density at radius 3 is 2.61 bits per heavy atom. The van der Waals surface area contributed by atoms with Crippen molar-refractivity contribution in [3.63, 3.8) is 0 Å². The number of aromatic carboxylic acids is 1. The molecule has 1 aliphatic heterocycles. The first-order valence-corrected chi connectivity index (χ1v) is 7.71. The first-order chi connectivity index (χ1) is 11.1. The number of carboxylic acids is 1. The van der Waals surface area contributed by atoms with Gasteiger partial charge in [-0.1, -0.05) is 30.0 Å². The molecule has 23 heavy (non-hydrogen) atoms. The second-order valence-electron chi connectivity index (χ2n) is 4.86. The Labute approximate surface area is 136 Å². The monoisotopic (exact) mass is 327 g/mol. The molecule has 0 N–H and O–H groups in total. The van der Waals surface area contributed by atoms with Gasteiger partial charge in [0.05, 0.1) is 16.9 Å². The molecule has 1 aromatic carbocycles. The van der Waals surface area contributed by atoms with Crippen LogP contribution in [0.1, 0.15) is 16.8 Å². The second kappa shape index (κ2) is 6.21. The molecule has 0 saturated carbocycles. The SMILES string of the molecule is O=C([O-])c1cccnc1S[C@H]1CC(=O)N(c2ccccc2)C1=O. The third-order valence-corrected chi connectivity index (χ3v) is 4.57. The Balaban J connectivity index is 1.85. The molecule has 1 aromatic heterocycles. The number of hydrogen-bond donors (Lipinski definition) is 0. The molecule has 2 amide bonds. The number of pyridine rings is 1. The quantitative estimate of drug-likeness (QED) is 0.774. The lowest BCUT2D eigenvalue weighted by Gasteiger charge is -2.15. The van der Waals surface area contributed by atoms with E-state index in [0.717, 1.165) is 16.7 Å². The highest BCUT2D eigenvalue weighted by Gasteiger charge is 2.40. The molecule has 2 heterocycles. The number of rotatable bonds is 4. The van der Waals surface area contributed by atoms with Crippen LogP contribution in [0.2, 0.25) is 0 Å². The van der Waals surface area contributed by atoms with Gasteiger partial charge >= 0.3 is 0 Å². The first-order valence-electron chi connectivity index (χ1n) is 6.83. The van der Waals surface area contributed by atoms with E-state index < -0.39 is 11.2 Å². The van der Waals surface area contributed by atoms with Gasteiger partial charge in [-0.2, -0.15) is 0 Å². The minimum absolute atomic E-state index is 0.00144. The number of carboxylic acid groups (broad SMARTS) is 1. The highest BCUT2D eigenvalue weighted by Crippen LogP contribution is 2.34. The number of carbonyl (C=O) groups is 3. The van der Waals surface area contributed by atoms with E-state index in [9.17, 15) is 19.5 Å². The average Bonchev–Trinajstić information content (AvgIpc) is 2.82. The smallest absolute Gasteiger partial charge is 0.247 e. The lowest BCUT2D eigenvalue weighted by Crippen LogP contribution is -2.31. The van der Waals surface area contributed by atoms with Gasteiger partial charge in [-0.3, -0.25) is 9.59 Å². The molecule has 0 unspecified atom stereocenters. The summed E-state index contributed by atoms with van der Waals surface area (Å²) in [6, 6.07) is 11.5. The van der Waals surface area contributed by atoms with Gasteiger partial charge in [0.1, 0.15) is 5.03 Å². The Bertz CT molecular complexity index is 779. The van der Waals surface area contributed by atoms with Crippen molar-refractivity contribution in [1.29, 1.82) is 0 Å². The van der Waals surface area contributed by atoms with Crippen LogP contribution in [0.4, 0.5) is 5.69 Å². The van der Waals surface area contributed by atoms with Crippen LogP contribution in [0.5, 0.6) is 0 Å². The Morgan fingerprint density at radius 2 is 1.91 bits per heavy atom. The molecule has 2 aromatic rings. The number of benzene rings is 1. The van der Waals surface area contributed by atoms with E-state index in [4.69, 9.17) is 0 Å². The number of para-hydroxylation sites is 1. The van der Waals surface area contributed by atoms with Gasteiger partial charge < -0.3 is 9.90 Å². The molecule has 1 atom stereocenters. The van der Waals surface area contributed by atoms with Crippen LogP contribution in [-0.2, 0) is 9.59 Å². The van der Waals surface area contributed by atoms with Crippen molar-refractivity contribution in [2.45, 2.75) is 16.7 Å². The number of thioether (sulfide) groups is 1. The first kappa shape index (κ1) is 15.2. The number of aromatic nitrogens is 1. The van der Waals surface area contributed by atoms with E-state index in [1.807, 2.05) is 0 Å². The van der Waals surface area contributed by atoms with Crippen molar-refractivity contribution < 1.29 is 19.5 Å². The molecule has 6 nitrogen and oxygen atoms in total. The van der Waals surface area contributed by atoms with Crippen molar-refractivity contribution in [2.75, 3.05) is 4.90 Å². The van der Waals surface area contributed by atoms with E-state index in [1.165, 1.54) is 18.3 Å². The number of hydrogen-bond acceptors (Lipinski definition) is 6. The molecule has 3 rings (SSSR count). The van der Waals surface area contributed by atoms with Gasteiger partial charge in [0, 0.05) is 18.2 Å². The van der Waals surface area contributed by atoms with Gasteiger partial charge in [-0.05, 0) is 24.3 Å². The van der Waals surface area contributed by atoms with Gasteiger partial charge in [0.25, 0.3) is 0 Å². The van der Waals surface area contributed by atoms with Gasteiger partial charge in [0.15, 0.2) is 0 Å². The molecule has 0 bridgehead atoms. The fourth-order valence-corrected chi connectivity index (χ4v) is 3.42. The molecule has 0 aliphatic carbocycles. The zero-order valence-corrected chi connectivity index (χ0v) is 12.7. The lowest BCUT2D eigenvalue weighted by molar-refractivity contribution is -0.255. The van der Waals surface area contributed by atoms with Crippen molar-refractivity contribution in [1.82, 2.24) is 4.98 Å². The Hall–Kier alpha value is -2.67. The summed E-state index contributed by atoms with van der Waals surface area (Å²) in [7, 11) is 0. The van der Waals surface area contributed by atoms with Crippen molar-refractivity contribution >= 4 is 35.2 Å². The zero-order chi connectivity index (χ0) is 16.4. The standard InChI is InChI=1S/C16H12N2O4S/c19-13-9-12(15(20)18(13)10-5-2-1-3-6-10)23-14-11(16(21)22)7-4-8-17-14/h1-8,12H,9H2,(H,21,22)/p-1/t12-/m0/s1. The van der Waals surface area contributed by atoms with E-state index in [0.29, 0.717) is 5.69 Å². The van der Waals surface area contributed by atoms with Crippen molar-refractivity contribution in [2.24, 2.45) is 0 Å². The zero-order valence-electron chi connectivity index (χ0n) is 11.8. The van der Waals surface area contributed by atoms with Crippen molar-refractivity contribution in [3.05, 3.63) is 54.2 Å². The van der Waals surface area contributed by atoms with Crippen LogP contribution in [0.15, 0.2) is 53.7 Å². The van der Waals surface area contributed by atoms with Crippen LogP contribution < -0.4 is 10.0 Å². The van der Waals surface area contributed by atoms with Gasteiger partial charge in [-0.25, -0.2) is 9.88 Å². The largest absolute Gasteiger partial charge is 0.545 e. The minimum atomic E-state index is -1.36. The summed E-state index contributed by atoms with van der Waals surface area (Å²) in [6.45, 7) is 0. The molecule has 116 valence electrons. The molecule has 0 spiro atoms. The van der Waals surface area contributed by atoms with E-state index in [-0.39, 0.29) is 28.8 Å². The summed E-state index contributed by atoms with van der Waals surface area (Å²) < 4.78 is 0. The number of anilines is 1. The summed E-state index contributed by atoms with van der Waals surface area (Å²) in [5.41, 5.74) is 0.419.